The topological polar surface area (TPSA) is 47.9 Å². The van der Waals surface area contributed by atoms with Crippen molar-refractivity contribution < 1.29 is 4.74 Å². The highest BCUT2D eigenvalue weighted by Gasteiger charge is 2.23. The second-order valence-electron chi connectivity index (χ2n) is 11.6. The molecule has 47 heavy (non-hydrogen) atoms. The molecule has 0 unspecified atom stereocenters. The van der Waals surface area contributed by atoms with Crippen LogP contribution < -0.4 is 4.74 Å². The van der Waals surface area contributed by atoms with Crippen LogP contribution in [-0.2, 0) is 0 Å². The van der Waals surface area contributed by atoms with Crippen LogP contribution in [-0.4, -0.2) is 15.0 Å². The summed E-state index contributed by atoms with van der Waals surface area (Å²) in [5, 5.41) is 2.26. The number of hydrogen-bond donors (Lipinski definition) is 0. The normalized spacial score (nSPS) is 11.6. The Labute approximate surface area is 272 Å². The average Bonchev–Trinajstić information content (AvgIpc) is 3.16. The summed E-state index contributed by atoms with van der Waals surface area (Å²) < 4.78 is 6.54. The molecule has 0 radical (unpaired) electrons. The molecule has 8 aromatic rings. The van der Waals surface area contributed by atoms with E-state index >= 15 is 0 Å². The van der Waals surface area contributed by atoms with Gasteiger partial charge >= 0.3 is 0 Å². The summed E-state index contributed by atoms with van der Waals surface area (Å²) >= 11 is 0. The summed E-state index contributed by atoms with van der Waals surface area (Å²) in [6.45, 7) is 0. The van der Waals surface area contributed by atoms with E-state index in [4.69, 9.17) is 19.7 Å². The SMILES string of the molecule is c1ccc(-c2ccc(-c3ccc4c5c(cccc35)-c3cc(-c5nc(-c6ccccc6)nc(-c6ccccc6)n5)ccc3O4)cc2)cc1. The summed E-state index contributed by atoms with van der Waals surface area (Å²) in [6, 6.07) is 56.3. The minimum absolute atomic E-state index is 0.616. The van der Waals surface area contributed by atoms with E-state index in [0.29, 0.717) is 17.5 Å². The first-order valence-corrected chi connectivity index (χ1v) is 15.7. The fourth-order valence-corrected chi connectivity index (χ4v) is 6.43. The first-order chi connectivity index (χ1) is 23.3. The maximum Gasteiger partial charge on any atom is 0.164 e. The molecule has 0 amide bonds. The van der Waals surface area contributed by atoms with Gasteiger partial charge in [0.15, 0.2) is 17.5 Å². The van der Waals surface area contributed by atoms with Gasteiger partial charge < -0.3 is 4.74 Å². The molecule has 0 aliphatic carbocycles. The smallest absolute Gasteiger partial charge is 0.164 e. The molecule has 9 rings (SSSR count). The predicted molar refractivity (Wildman–Crippen MR) is 190 cm³/mol. The van der Waals surface area contributed by atoms with Gasteiger partial charge in [0.1, 0.15) is 11.5 Å². The lowest BCUT2D eigenvalue weighted by atomic mass is 9.89. The van der Waals surface area contributed by atoms with Crippen molar-refractivity contribution in [1.29, 1.82) is 0 Å². The molecule has 0 atom stereocenters. The average molecular weight is 602 g/mol. The summed E-state index contributed by atoms with van der Waals surface area (Å²) in [5.41, 5.74) is 9.68. The fraction of sp³-hybridized carbons (Fsp3) is 0. The van der Waals surface area contributed by atoms with E-state index in [2.05, 4.69) is 84.9 Å². The molecule has 1 aliphatic heterocycles. The zero-order chi connectivity index (χ0) is 31.2. The minimum Gasteiger partial charge on any atom is -0.456 e. The number of benzene rings is 7. The van der Waals surface area contributed by atoms with Crippen molar-refractivity contribution in [2.24, 2.45) is 0 Å². The van der Waals surface area contributed by atoms with Gasteiger partial charge in [0.25, 0.3) is 0 Å². The highest BCUT2D eigenvalue weighted by Crippen LogP contribution is 2.49. The van der Waals surface area contributed by atoms with Gasteiger partial charge in [-0.25, -0.2) is 15.0 Å². The Kier molecular flexibility index (Phi) is 6.43. The van der Waals surface area contributed by atoms with E-state index in [1.807, 2.05) is 78.9 Å². The number of fused-ring (bicyclic) bond motifs is 2. The molecule has 7 aromatic carbocycles. The highest BCUT2D eigenvalue weighted by atomic mass is 16.5. The second kappa shape index (κ2) is 11.2. The Hall–Kier alpha value is -6.39. The molecule has 0 bridgehead atoms. The van der Waals surface area contributed by atoms with Crippen molar-refractivity contribution in [1.82, 2.24) is 15.0 Å². The van der Waals surface area contributed by atoms with Crippen LogP contribution in [0, 0.1) is 0 Å². The summed E-state index contributed by atoms with van der Waals surface area (Å²) in [4.78, 5) is 14.8. The maximum atomic E-state index is 6.54. The standard InChI is InChI=1S/C43H27N3O/c1-4-11-28(12-5-1)29-19-21-30(22-20-29)34-24-26-39-40-35(34)17-10-18-36(40)37-27-33(23-25-38(37)47-39)43-45-41(31-13-6-2-7-14-31)44-42(46-43)32-15-8-3-9-16-32/h1-27H. The van der Waals surface area contributed by atoms with Gasteiger partial charge in [-0.3, -0.25) is 0 Å². The zero-order valence-corrected chi connectivity index (χ0v) is 25.3. The van der Waals surface area contributed by atoms with Crippen LogP contribution in [0.4, 0.5) is 0 Å². The lowest BCUT2D eigenvalue weighted by Gasteiger charge is -2.23. The predicted octanol–water partition coefficient (Wildman–Crippen LogP) is 11.1. The third kappa shape index (κ3) is 4.84. The Bertz CT molecular complexity index is 2350. The van der Waals surface area contributed by atoms with Gasteiger partial charge in [0.2, 0.25) is 0 Å². The van der Waals surface area contributed by atoms with Gasteiger partial charge in [-0.1, -0.05) is 140 Å². The lowest BCUT2D eigenvalue weighted by molar-refractivity contribution is 0.487. The Balaban J connectivity index is 1.16. The molecule has 0 spiro atoms. The van der Waals surface area contributed by atoms with Crippen molar-refractivity contribution in [3.05, 3.63) is 164 Å². The summed E-state index contributed by atoms with van der Waals surface area (Å²) in [7, 11) is 0. The quantitative estimate of drug-likeness (QED) is 0.197. The van der Waals surface area contributed by atoms with Gasteiger partial charge in [0, 0.05) is 27.6 Å². The van der Waals surface area contributed by atoms with Gasteiger partial charge in [-0.05, 0) is 57.5 Å². The fourth-order valence-electron chi connectivity index (χ4n) is 6.43. The lowest BCUT2D eigenvalue weighted by Crippen LogP contribution is -2.01. The Morgan fingerprint density at radius 2 is 0.830 bits per heavy atom. The van der Waals surface area contributed by atoms with E-state index in [-0.39, 0.29) is 0 Å². The molecule has 0 saturated carbocycles. The van der Waals surface area contributed by atoms with Crippen LogP contribution in [0.1, 0.15) is 0 Å². The van der Waals surface area contributed by atoms with Crippen LogP contribution in [0.25, 0.3) is 78.3 Å². The van der Waals surface area contributed by atoms with Crippen LogP contribution in [0.15, 0.2) is 164 Å². The molecule has 0 N–H and O–H groups in total. The van der Waals surface area contributed by atoms with Crippen molar-refractivity contribution in [2.45, 2.75) is 0 Å². The summed E-state index contributed by atoms with van der Waals surface area (Å²) in [5.74, 6) is 3.57. The highest BCUT2D eigenvalue weighted by molar-refractivity contribution is 6.10. The van der Waals surface area contributed by atoms with Gasteiger partial charge in [-0.15, -0.1) is 0 Å². The van der Waals surface area contributed by atoms with E-state index in [0.717, 1.165) is 50.1 Å². The number of ether oxygens (including phenoxy) is 1. The second-order valence-corrected chi connectivity index (χ2v) is 11.6. The monoisotopic (exact) mass is 601 g/mol. The largest absolute Gasteiger partial charge is 0.456 e. The van der Waals surface area contributed by atoms with Crippen molar-refractivity contribution in [3.63, 3.8) is 0 Å². The number of nitrogens with zero attached hydrogens (tertiary/aromatic N) is 3. The van der Waals surface area contributed by atoms with Crippen molar-refractivity contribution >= 4 is 10.8 Å². The van der Waals surface area contributed by atoms with Crippen molar-refractivity contribution in [3.8, 4) is 79.0 Å². The first-order valence-electron chi connectivity index (χ1n) is 15.7. The third-order valence-electron chi connectivity index (χ3n) is 8.75. The molecule has 4 heteroatoms. The van der Waals surface area contributed by atoms with Gasteiger partial charge in [0.05, 0.1) is 0 Å². The Morgan fingerprint density at radius 3 is 1.47 bits per heavy atom. The van der Waals surface area contributed by atoms with E-state index in [1.165, 1.54) is 22.3 Å². The van der Waals surface area contributed by atoms with Crippen LogP contribution >= 0.6 is 0 Å². The van der Waals surface area contributed by atoms with E-state index in [1.54, 1.807) is 0 Å². The molecule has 2 heterocycles. The van der Waals surface area contributed by atoms with Crippen LogP contribution in [0.5, 0.6) is 11.5 Å². The molecular weight excluding hydrogens is 574 g/mol. The van der Waals surface area contributed by atoms with Gasteiger partial charge in [-0.2, -0.15) is 0 Å². The van der Waals surface area contributed by atoms with Crippen LogP contribution in [0.3, 0.4) is 0 Å². The molecular formula is C43H27N3O. The first kappa shape index (κ1) is 27.0. The molecule has 0 fully saturated rings. The number of aromatic nitrogens is 3. The minimum atomic E-state index is 0.616. The van der Waals surface area contributed by atoms with Crippen molar-refractivity contribution in [2.75, 3.05) is 0 Å². The van der Waals surface area contributed by atoms with E-state index < -0.39 is 0 Å². The number of rotatable bonds is 5. The molecule has 1 aliphatic rings. The number of hydrogen-bond acceptors (Lipinski definition) is 4. The summed E-state index contributed by atoms with van der Waals surface area (Å²) in [6.07, 6.45) is 0. The molecule has 1 aromatic heterocycles. The Morgan fingerprint density at radius 1 is 0.319 bits per heavy atom. The maximum absolute atomic E-state index is 6.54. The molecule has 0 saturated heterocycles. The molecule has 4 nitrogen and oxygen atoms in total. The third-order valence-corrected chi connectivity index (χ3v) is 8.75. The van der Waals surface area contributed by atoms with Crippen LogP contribution in [0.2, 0.25) is 0 Å². The van der Waals surface area contributed by atoms with E-state index in [9.17, 15) is 0 Å². The molecule has 220 valence electrons. The zero-order valence-electron chi connectivity index (χ0n) is 25.3.